The minimum Gasteiger partial charge on any atom is -0.486 e. The summed E-state index contributed by atoms with van der Waals surface area (Å²) in [5.41, 5.74) is 0. The fourth-order valence-corrected chi connectivity index (χ4v) is 3.57. The van der Waals surface area contributed by atoms with E-state index in [1.54, 1.807) is 18.7 Å². The molecule has 0 bridgehead atoms. The van der Waals surface area contributed by atoms with Crippen LogP contribution < -0.4 is 9.47 Å². The van der Waals surface area contributed by atoms with Crippen LogP contribution in [0.25, 0.3) is 0 Å². The van der Waals surface area contributed by atoms with Gasteiger partial charge in [0.1, 0.15) is 19.3 Å². The fraction of sp³-hybridized carbons (Fsp3) is 0.529. The van der Waals surface area contributed by atoms with Gasteiger partial charge in [-0.25, -0.2) is 4.79 Å². The van der Waals surface area contributed by atoms with E-state index in [2.05, 4.69) is 0 Å². The summed E-state index contributed by atoms with van der Waals surface area (Å²) in [6.45, 7) is 2.68. The van der Waals surface area contributed by atoms with Gasteiger partial charge >= 0.3 is 5.97 Å². The first-order valence-electron chi connectivity index (χ1n) is 8.12. The standard InChI is InChI=1S/C17H21NO5S/c1-11(17(20)21)18(12-2-3-12)16(19)6-9-24-13-4-5-14-15(10-13)23-8-7-22-14/h4-5,10-12H,2-3,6-9H2,1H3,(H,20,21). The van der Waals surface area contributed by atoms with Crippen LogP contribution in [0.5, 0.6) is 11.5 Å². The van der Waals surface area contributed by atoms with Gasteiger partial charge in [-0.1, -0.05) is 0 Å². The molecule has 1 unspecified atom stereocenters. The van der Waals surface area contributed by atoms with Crippen molar-refractivity contribution < 1.29 is 24.2 Å². The number of carbonyl (C=O) groups excluding carboxylic acids is 1. The lowest BCUT2D eigenvalue weighted by molar-refractivity contribution is -0.149. The molecule has 0 spiro atoms. The molecule has 7 heteroatoms. The molecule has 3 rings (SSSR count). The molecule has 1 atom stereocenters. The van der Waals surface area contributed by atoms with Gasteiger partial charge in [-0.2, -0.15) is 0 Å². The van der Waals surface area contributed by atoms with Crippen molar-refractivity contribution in [3.05, 3.63) is 18.2 Å². The van der Waals surface area contributed by atoms with Crippen LogP contribution in [0.2, 0.25) is 0 Å². The predicted octanol–water partition coefficient (Wildman–Crippen LogP) is 2.40. The average molecular weight is 351 g/mol. The number of ether oxygens (including phenoxy) is 2. The summed E-state index contributed by atoms with van der Waals surface area (Å²) < 4.78 is 11.0. The number of benzene rings is 1. The first-order chi connectivity index (χ1) is 11.6. The van der Waals surface area contributed by atoms with Gasteiger partial charge in [-0.05, 0) is 38.0 Å². The minimum absolute atomic E-state index is 0.0857. The number of thioether (sulfide) groups is 1. The molecule has 1 aliphatic carbocycles. The van der Waals surface area contributed by atoms with E-state index in [4.69, 9.17) is 14.6 Å². The molecular weight excluding hydrogens is 330 g/mol. The zero-order chi connectivity index (χ0) is 17.1. The van der Waals surface area contributed by atoms with Crippen molar-refractivity contribution in [1.29, 1.82) is 0 Å². The number of carboxylic acids is 1. The van der Waals surface area contributed by atoms with Crippen molar-refractivity contribution in [2.75, 3.05) is 19.0 Å². The molecule has 24 heavy (non-hydrogen) atoms. The van der Waals surface area contributed by atoms with E-state index in [0.29, 0.717) is 25.4 Å². The lowest BCUT2D eigenvalue weighted by Gasteiger charge is -2.26. The molecule has 1 aromatic carbocycles. The normalized spacial score (nSPS) is 17.2. The molecule has 2 aliphatic rings. The fourth-order valence-electron chi connectivity index (χ4n) is 2.71. The van der Waals surface area contributed by atoms with E-state index in [-0.39, 0.29) is 11.9 Å². The molecule has 6 nitrogen and oxygen atoms in total. The van der Waals surface area contributed by atoms with Crippen LogP contribution in [0.4, 0.5) is 0 Å². The SMILES string of the molecule is CC(C(=O)O)N(C(=O)CCSc1ccc2c(c1)OCCO2)C1CC1. The third kappa shape index (κ3) is 3.95. The number of fused-ring (bicyclic) bond motifs is 1. The predicted molar refractivity (Wildman–Crippen MR) is 89.7 cm³/mol. The number of nitrogens with zero attached hydrogens (tertiary/aromatic N) is 1. The van der Waals surface area contributed by atoms with Gasteiger partial charge in [0.2, 0.25) is 5.91 Å². The highest BCUT2D eigenvalue weighted by molar-refractivity contribution is 7.99. The number of carboxylic acid groups (broad SMARTS) is 1. The number of carbonyl (C=O) groups is 2. The summed E-state index contributed by atoms with van der Waals surface area (Å²) in [6.07, 6.45) is 2.13. The molecule has 1 aliphatic heterocycles. The van der Waals surface area contributed by atoms with E-state index in [9.17, 15) is 9.59 Å². The number of amides is 1. The number of hydrogen-bond donors (Lipinski definition) is 1. The van der Waals surface area contributed by atoms with E-state index in [1.165, 1.54) is 4.90 Å². The van der Waals surface area contributed by atoms with Crippen molar-refractivity contribution >= 4 is 23.6 Å². The molecule has 0 saturated heterocycles. The quantitative estimate of drug-likeness (QED) is 0.760. The Morgan fingerprint density at radius 2 is 2.00 bits per heavy atom. The summed E-state index contributed by atoms with van der Waals surface area (Å²) in [5.74, 6) is 1.05. The van der Waals surface area contributed by atoms with Gasteiger partial charge in [0, 0.05) is 23.1 Å². The lowest BCUT2D eigenvalue weighted by Crippen LogP contribution is -2.44. The summed E-state index contributed by atoms with van der Waals surface area (Å²) in [7, 11) is 0. The van der Waals surface area contributed by atoms with Crippen molar-refractivity contribution in [2.45, 2.75) is 43.2 Å². The van der Waals surface area contributed by atoms with Crippen LogP contribution >= 0.6 is 11.8 Å². The summed E-state index contributed by atoms with van der Waals surface area (Å²) in [6, 6.07) is 5.08. The Kier molecular flexibility index (Phi) is 5.18. The van der Waals surface area contributed by atoms with Crippen molar-refractivity contribution in [1.82, 2.24) is 4.90 Å². The van der Waals surface area contributed by atoms with E-state index < -0.39 is 12.0 Å². The smallest absolute Gasteiger partial charge is 0.326 e. The zero-order valence-electron chi connectivity index (χ0n) is 13.6. The second-order valence-corrected chi connectivity index (χ2v) is 7.12. The maximum atomic E-state index is 12.4. The number of hydrogen-bond acceptors (Lipinski definition) is 5. The summed E-state index contributed by atoms with van der Waals surface area (Å²) in [5, 5.41) is 9.17. The maximum Gasteiger partial charge on any atom is 0.326 e. The highest BCUT2D eigenvalue weighted by atomic mass is 32.2. The van der Waals surface area contributed by atoms with Gasteiger partial charge < -0.3 is 19.5 Å². The number of aliphatic carboxylic acids is 1. The Bertz CT molecular complexity index is 631. The molecular formula is C17H21NO5S. The molecule has 1 amide bonds. The summed E-state index contributed by atoms with van der Waals surface area (Å²) in [4.78, 5) is 26.1. The molecule has 0 radical (unpaired) electrons. The van der Waals surface area contributed by atoms with Crippen molar-refractivity contribution in [3.63, 3.8) is 0 Å². The van der Waals surface area contributed by atoms with E-state index in [1.807, 2.05) is 18.2 Å². The molecule has 1 N–H and O–H groups in total. The van der Waals surface area contributed by atoms with Gasteiger partial charge in [0.25, 0.3) is 0 Å². The molecule has 1 aromatic rings. The van der Waals surface area contributed by atoms with Crippen LogP contribution in [-0.4, -0.2) is 52.9 Å². The molecule has 0 aromatic heterocycles. The molecule has 130 valence electrons. The van der Waals surface area contributed by atoms with Crippen LogP contribution in [0.15, 0.2) is 23.1 Å². The Hall–Kier alpha value is -1.89. The van der Waals surface area contributed by atoms with Crippen LogP contribution in [0.3, 0.4) is 0 Å². The Balaban J connectivity index is 1.53. The van der Waals surface area contributed by atoms with Crippen molar-refractivity contribution in [2.24, 2.45) is 0 Å². The average Bonchev–Trinajstić information content (AvgIpc) is 3.39. The monoisotopic (exact) mass is 351 g/mol. The Labute approximate surface area is 145 Å². The second-order valence-electron chi connectivity index (χ2n) is 5.95. The minimum atomic E-state index is -0.949. The highest BCUT2D eigenvalue weighted by Crippen LogP contribution is 2.35. The molecule has 1 heterocycles. The van der Waals surface area contributed by atoms with Crippen LogP contribution in [-0.2, 0) is 9.59 Å². The first-order valence-corrected chi connectivity index (χ1v) is 9.11. The molecule has 1 fully saturated rings. The maximum absolute atomic E-state index is 12.4. The first kappa shape index (κ1) is 17.0. The number of rotatable bonds is 7. The Morgan fingerprint density at radius 1 is 1.29 bits per heavy atom. The van der Waals surface area contributed by atoms with Crippen LogP contribution in [0, 0.1) is 0 Å². The topological polar surface area (TPSA) is 76.1 Å². The van der Waals surface area contributed by atoms with Gasteiger partial charge in [0.15, 0.2) is 11.5 Å². The van der Waals surface area contributed by atoms with Crippen LogP contribution in [0.1, 0.15) is 26.2 Å². The Morgan fingerprint density at radius 3 is 2.67 bits per heavy atom. The third-order valence-electron chi connectivity index (χ3n) is 4.10. The van der Waals surface area contributed by atoms with Crippen molar-refractivity contribution in [3.8, 4) is 11.5 Å². The summed E-state index contributed by atoms with van der Waals surface area (Å²) >= 11 is 1.56. The van der Waals surface area contributed by atoms with Gasteiger partial charge in [-0.3, -0.25) is 4.79 Å². The largest absolute Gasteiger partial charge is 0.486 e. The third-order valence-corrected chi connectivity index (χ3v) is 5.10. The van der Waals surface area contributed by atoms with Gasteiger partial charge in [0.05, 0.1) is 0 Å². The highest BCUT2D eigenvalue weighted by Gasteiger charge is 2.37. The molecule has 1 saturated carbocycles. The zero-order valence-corrected chi connectivity index (χ0v) is 14.4. The lowest BCUT2D eigenvalue weighted by atomic mass is 10.2. The second kappa shape index (κ2) is 7.34. The van der Waals surface area contributed by atoms with Gasteiger partial charge in [-0.15, -0.1) is 11.8 Å². The van der Waals surface area contributed by atoms with E-state index in [0.717, 1.165) is 29.2 Å². The van der Waals surface area contributed by atoms with E-state index >= 15 is 0 Å².